The van der Waals surface area contributed by atoms with E-state index in [4.69, 9.17) is 0 Å². The second kappa shape index (κ2) is 6.93. The van der Waals surface area contributed by atoms with Crippen LogP contribution in [0, 0.1) is 5.92 Å². The summed E-state index contributed by atoms with van der Waals surface area (Å²) in [5.74, 6) is 1.06. The second-order valence-electron chi connectivity index (χ2n) is 6.88. The molecule has 1 atom stereocenters. The molecular weight excluding hydrogens is 262 g/mol. The molecule has 3 rings (SSSR count). The fourth-order valence-corrected chi connectivity index (χ4v) is 3.75. The maximum absolute atomic E-state index is 12.8. The number of hydrogen-bond donors (Lipinski definition) is 1. The van der Waals surface area contributed by atoms with E-state index in [1.807, 2.05) is 7.05 Å². The van der Waals surface area contributed by atoms with Crippen molar-refractivity contribution in [3.63, 3.8) is 0 Å². The van der Waals surface area contributed by atoms with Gasteiger partial charge in [0.15, 0.2) is 0 Å². The molecule has 21 heavy (non-hydrogen) atoms. The summed E-state index contributed by atoms with van der Waals surface area (Å²) in [6.07, 6.45) is 10.7. The molecular formula is C17H29N3O. The third-order valence-electron chi connectivity index (χ3n) is 4.98. The van der Waals surface area contributed by atoms with Crippen LogP contribution in [0.15, 0.2) is 11.8 Å². The number of amides is 1. The summed E-state index contributed by atoms with van der Waals surface area (Å²) in [7, 11) is 2.01. The molecule has 1 saturated heterocycles. The van der Waals surface area contributed by atoms with Crippen molar-refractivity contribution in [1.29, 1.82) is 0 Å². The van der Waals surface area contributed by atoms with Crippen LogP contribution in [0.2, 0.25) is 0 Å². The smallest absolute Gasteiger partial charge is 0.241 e. The van der Waals surface area contributed by atoms with E-state index in [1.54, 1.807) is 0 Å². The molecule has 2 fully saturated rings. The number of carbonyl (C=O) groups is 1. The third kappa shape index (κ3) is 3.86. The van der Waals surface area contributed by atoms with Gasteiger partial charge in [-0.25, -0.2) is 0 Å². The Morgan fingerprint density at radius 1 is 1.38 bits per heavy atom. The molecule has 1 amide bonds. The number of hydrogen-bond acceptors (Lipinski definition) is 3. The van der Waals surface area contributed by atoms with Crippen molar-refractivity contribution in [1.82, 2.24) is 15.1 Å². The quantitative estimate of drug-likeness (QED) is 0.813. The maximum atomic E-state index is 12.8. The fraction of sp³-hybridized carbons (Fsp3) is 0.824. The summed E-state index contributed by atoms with van der Waals surface area (Å²) in [6.45, 7) is 3.84. The van der Waals surface area contributed by atoms with E-state index in [2.05, 4.69) is 21.2 Å². The first-order valence-corrected chi connectivity index (χ1v) is 8.66. The van der Waals surface area contributed by atoms with Gasteiger partial charge in [-0.2, -0.15) is 0 Å². The molecule has 2 aliphatic carbocycles. The first-order valence-electron chi connectivity index (χ1n) is 8.66. The molecule has 0 bridgehead atoms. The molecule has 4 heteroatoms. The van der Waals surface area contributed by atoms with Gasteiger partial charge in [0.1, 0.15) is 0 Å². The van der Waals surface area contributed by atoms with E-state index in [1.165, 1.54) is 37.8 Å². The van der Waals surface area contributed by atoms with Crippen LogP contribution in [0.1, 0.15) is 44.9 Å². The highest BCUT2D eigenvalue weighted by Crippen LogP contribution is 2.34. The molecule has 1 unspecified atom stereocenters. The average molecular weight is 291 g/mol. The van der Waals surface area contributed by atoms with Crippen molar-refractivity contribution >= 4 is 5.91 Å². The molecule has 4 nitrogen and oxygen atoms in total. The van der Waals surface area contributed by atoms with Crippen LogP contribution in [0.4, 0.5) is 0 Å². The van der Waals surface area contributed by atoms with E-state index in [0.717, 1.165) is 32.5 Å². The summed E-state index contributed by atoms with van der Waals surface area (Å²) in [5, 5.41) is 3.26. The molecule has 0 spiro atoms. The summed E-state index contributed by atoms with van der Waals surface area (Å²) in [6, 6.07) is 0.512. The number of likely N-dealkylation sites (tertiary alicyclic amines) is 1. The van der Waals surface area contributed by atoms with Gasteiger partial charge < -0.3 is 10.2 Å². The topological polar surface area (TPSA) is 35.6 Å². The lowest BCUT2D eigenvalue weighted by atomic mass is 10.0. The Hall–Kier alpha value is -0.870. The molecule has 1 N–H and O–H groups in total. The highest BCUT2D eigenvalue weighted by Gasteiger charge is 2.36. The summed E-state index contributed by atoms with van der Waals surface area (Å²) < 4.78 is 0. The Morgan fingerprint density at radius 3 is 2.90 bits per heavy atom. The Bertz CT molecular complexity index is 403. The summed E-state index contributed by atoms with van der Waals surface area (Å²) >= 11 is 0. The largest absolute Gasteiger partial charge is 0.319 e. The Labute approximate surface area is 128 Å². The first-order chi connectivity index (χ1) is 10.3. The van der Waals surface area contributed by atoms with Gasteiger partial charge >= 0.3 is 0 Å². The highest BCUT2D eigenvalue weighted by molar-refractivity contribution is 5.81. The van der Waals surface area contributed by atoms with E-state index in [0.29, 0.717) is 24.4 Å². The molecule has 1 heterocycles. The van der Waals surface area contributed by atoms with Crippen LogP contribution >= 0.6 is 0 Å². The van der Waals surface area contributed by atoms with Gasteiger partial charge in [-0.05, 0) is 71.0 Å². The number of nitrogens with one attached hydrogen (secondary N) is 1. The minimum atomic E-state index is 0.343. The van der Waals surface area contributed by atoms with E-state index in [-0.39, 0.29) is 0 Å². The predicted molar refractivity (Wildman–Crippen MR) is 84.9 cm³/mol. The van der Waals surface area contributed by atoms with E-state index >= 15 is 0 Å². The number of rotatable bonds is 6. The summed E-state index contributed by atoms with van der Waals surface area (Å²) in [4.78, 5) is 17.3. The predicted octanol–water partition coefficient (Wildman–Crippen LogP) is 1.98. The van der Waals surface area contributed by atoms with E-state index in [9.17, 15) is 4.79 Å². The van der Waals surface area contributed by atoms with Crippen molar-refractivity contribution < 1.29 is 4.79 Å². The Balaban J connectivity index is 1.56. The average Bonchev–Trinajstić information content (AvgIpc) is 3.22. The third-order valence-corrected chi connectivity index (χ3v) is 4.98. The zero-order chi connectivity index (χ0) is 14.7. The van der Waals surface area contributed by atoms with Crippen LogP contribution in [0.25, 0.3) is 0 Å². The summed E-state index contributed by atoms with van der Waals surface area (Å²) in [5.41, 5.74) is 1.32. The van der Waals surface area contributed by atoms with Gasteiger partial charge in [0.05, 0.1) is 6.54 Å². The van der Waals surface area contributed by atoms with E-state index < -0.39 is 0 Å². The van der Waals surface area contributed by atoms with Crippen LogP contribution in [-0.4, -0.2) is 55.0 Å². The van der Waals surface area contributed by atoms with Gasteiger partial charge in [0, 0.05) is 18.3 Å². The van der Waals surface area contributed by atoms with Gasteiger partial charge in [-0.1, -0.05) is 6.08 Å². The lowest BCUT2D eigenvalue weighted by Gasteiger charge is -2.29. The molecule has 118 valence electrons. The SMILES string of the molecule is CNCC1CCN(CC(=O)N(C2=CCCCC2)C2CC2)C1. The number of nitrogens with zero attached hydrogens (tertiary/aromatic N) is 2. The van der Waals surface area contributed by atoms with Gasteiger partial charge in [-0.3, -0.25) is 9.69 Å². The van der Waals surface area contributed by atoms with Gasteiger partial charge in [0.2, 0.25) is 5.91 Å². The zero-order valence-electron chi connectivity index (χ0n) is 13.3. The Kier molecular flexibility index (Phi) is 4.96. The minimum absolute atomic E-state index is 0.343. The standard InChI is InChI=1S/C17H29N3O/c1-18-11-14-9-10-19(12-14)13-17(21)20(16-7-8-16)15-5-3-2-4-6-15/h5,14,16,18H,2-4,6-13H2,1H3. The number of carbonyl (C=O) groups excluding carboxylic acids is 1. The van der Waals surface area contributed by atoms with Crippen molar-refractivity contribution in [3.05, 3.63) is 11.8 Å². The molecule has 0 aromatic heterocycles. The minimum Gasteiger partial charge on any atom is -0.319 e. The second-order valence-corrected chi connectivity index (χ2v) is 6.88. The van der Waals surface area contributed by atoms with Crippen molar-refractivity contribution in [2.75, 3.05) is 33.2 Å². The number of allylic oxidation sites excluding steroid dienone is 2. The molecule has 0 radical (unpaired) electrons. The monoisotopic (exact) mass is 291 g/mol. The maximum Gasteiger partial charge on any atom is 0.241 e. The van der Waals surface area contributed by atoms with Crippen molar-refractivity contribution in [3.8, 4) is 0 Å². The van der Waals surface area contributed by atoms with Crippen molar-refractivity contribution in [2.24, 2.45) is 5.92 Å². The lowest BCUT2D eigenvalue weighted by molar-refractivity contribution is -0.131. The van der Waals surface area contributed by atoms with Crippen molar-refractivity contribution in [2.45, 2.75) is 51.0 Å². The zero-order valence-corrected chi connectivity index (χ0v) is 13.3. The van der Waals surface area contributed by atoms with Crippen LogP contribution in [-0.2, 0) is 4.79 Å². The highest BCUT2D eigenvalue weighted by atomic mass is 16.2. The first kappa shape index (κ1) is 15.0. The fourth-order valence-electron chi connectivity index (χ4n) is 3.75. The molecule has 0 aromatic carbocycles. The molecule has 1 aliphatic heterocycles. The van der Waals surface area contributed by atoms with Crippen LogP contribution in [0.3, 0.4) is 0 Å². The molecule has 3 aliphatic rings. The van der Waals surface area contributed by atoms with Crippen LogP contribution in [0.5, 0.6) is 0 Å². The Morgan fingerprint density at radius 2 is 2.24 bits per heavy atom. The normalized spacial score (nSPS) is 26.7. The molecule has 1 saturated carbocycles. The van der Waals surface area contributed by atoms with Gasteiger partial charge in [0.25, 0.3) is 0 Å². The molecule has 0 aromatic rings. The lowest BCUT2D eigenvalue weighted by Crippen LogP contribution is -2.41. The van der Waals surface area contributed by atoms with Crippen LogP contribution < -0.4 is 5.32 Å². The van der Waals surface area contributed by atoms with Gasteiger partial charge in [-0.15, -0.1) is 0 Å².